The number of amidine groups is 1. The molecule has 0 saturated carbocycles. The highest BCUT2D eigenvalue weighted by atomic mass is 79.9. The van der Waals surface area contributed by atoms with Crippen molar-refractivity contribution >= 4 is 50.5 Å². The Morgan fingerprint density at radius 2 is 1.85 bits per heavy atom. The van der Waals surface area contributed by atoms with Gasteiger partial charge in [0.2, 0.25) is 0 Å². The van der Waals surface area contributed by atoms with Gasteiger partial charge in [-0.25, -0.2) is 9.38 Å². The van der Waals surface area contributed by atoms with Crippen LogP contribution in [0.2, 0.25) is 0 Å². The molecule has 0 unspecified atom stereocenters. The van der Waals surface area contributed by atoms with Crippen LogP contribution in [0, 0.1) is 19.7 Å². The van der Waals surface area contributed by atoms with Crippen molar-refractivity contribution in [2.75, 3.05) is 7.11 Å². The fourth-order valence-electron chi connectivity index (χ4n) is 3.42. The third-order valence-corrected chi connectivity index (χ3v) is 7.23. The van der Waals surface area contributed by atoms with Gasteiger partial charge in [0.1, 0.15) is 12.4 Å². The van der Waals surface area contributed by atoms with E-state index in [0.29, 0.717) is 21.6 Å². The molecule has 3 aromatic carbocycles. The normalized spacial score (nSPS) is 15.6. The number of aliphatic imine (C=N–C) groups is 1. The Kier molecular flexibility index (Phi) is 7.38. The second-order valence-electron chi connectivity index (χ2n) is 7.70. The molecular formula is C26H22BrFN2O3S. The van der Waals surface area contributed by atoms with Crippen molar-refractivity contribution in [2.24, 2.45) is 4.99 Å². The molecule has 0 bridgehead atoms. The summed E-state index contributed by atoms with van der Waals surface area (Å²) in [5, 5.41) is 3.34. The molecule has 0 radical (unpaired) electrons. The lowest BCUT2D eigenvalue weighted by Crippen LogP contribution is -2.19. The van der Waals surface area contributed by atoms with Crippen LogP contribution in [0.4, 0.5) is 10.1 Å². The largest absolute Gasteiger partial charge is 0.493 e. The molecule has 0 aliphatic carbocycles. The maximum Gasteiger partial charge on any atom is 0.264 e. The summed E-state index contributed by atoms with van der Waals surface area (Å²) in [6.45, 7) is 4.22. The number of carbonyl (C=O) groups excluding carboxylic acids is 1. The smallest absolute Gasteiger partial charge is 0.264 e. The molecule has 8 heteroatoms. The predicted molar refractivity (Wildman–Crippen MR) is 138 cm³/mol. The van der Waals surface area contributed by atoms with Crippen molar-refractivity contribution < 1.29 is 18.7 Å². The van der Waals surface area contributed by atoms with E-state index < -0.39 is 0 Å². The minimum Gasteiger partial charge on any atom is -0.493 e. The SMILES string of the molecule is COc1cc(/C=C2\SC(=Nc3cc(C)c(Br)c(C)c3)NC2=O)ccc1OCc1cccc(F)c1. The number of halogens is 2. The number of benzene rings is 3. The molecule has 1 amide bonds. The Bertz CT molecular complexity index is 1300. The van der Waals surface area contributed by atoms with Gasteiger partial charge in [0.25, 0.3) is 5.91 Å². The molecule has 1 fully saturated rings. The highest BCUT2D eigenvalue weighted by Crippen LogP contribution is 2.33. The first kappa shape index (κ1) is 24.0. The lowest BCUT2D eigenvalue weighted by molar-refractivity contribution is -0.115. The molecule has 34 heavy (non-hydrogen) atoms. The molecule has 174 valence electrons. The number of thioether (sulfide) groups is 1. The van der Waals surface area contributed by atoms with Gasteiger partial charge in [-0.2, -0.15) is 0 Å². The number of ether oxygens (including phenoxy) is 2. The number of carbonyl (C=O) groups is 1. The zero-order valence-corrected chi connectivity index (χ0v) is 21.2. The van der Waals surface area contributed by atoms with E-state index in [0.717, 1.165) is 32.4 Å². The van der Waals surface area contributed by atoms with Crippen molar-refractivity contribution in [3.05, 3.63) is 92.0 Å². The predicted octanol–water partition coefficient (Wildman–Crippen LogP) is 6.68. The van der Waals surface area contributed by atoms with E-state index >= 15 is 0 Å². The van der Waals surface area contributed by atoms with E-state index in [1.54, 1.807) is 37.5 Å². The van der Waals surface area contributed by atoms with E-state index in [9.17, 15) is 9.18 Å². The topological polar surface area (TPSA) is 59.9 Å². The Morgan fingerprint density at radius 3 is 2.56 bits per heavy atom. The minimum absolute atomic E-state index is 0.209. The molecule has 0 aromatic heterocycles. The van der Waals surface area contributed by atoms with Crippen LogP contribution >= 0.6 is 27.7 Å². The Labute approximate surface area is 210 Å². The minimum atomic E-state index is -0.310. The maximum atomic E-state index is 13.4. The zero-order valence-electron chi connectivity index (χ0n) is 18.8. The molecule has 1 aliphatic rings. The van der Waals surface area contributed by atoms with E-state index in [1.807, 2.05) is 32.0 Å². The fourth-order valence-corrected chi connectivity index (χ4v) is 4.49. The maximum absolute atomic E-state index is 13.4. The lowest BCUT2D eigenvalue weighted by atomic mass is 10.1. The molecule has 0 spiro atoms. The van der Waals surface area contributed by atoms with Crippen molar-refractivity contribution in [1.29, 1.82) is 0 Å². The molecule has 1 aliphatic heterocycles. The van der Waals surface area contributed by atoms with Crippen LogP contribution in [0.5, 0.6) is 11.5 Å². The number of methoxy groups -OCH3 is 1. The van der Waals surface area contributed by atoms with Crippen LogP contribution in [-0.4, -0.2) is 18.2 Å². The number of aryl methyl sites for hydroxylation is 2. The number of rotatable bonds is 6. The molecule has 5 nitrogen and oxygen atoms in total. The van der Waals surface area contributed by atoms with Crippen LogP contribution in [-0.2, 0) is 11.4 Å². The van der Waals surface area contributed by atoms with Gasteiger partial charge in [-0.05, 0) is 90.3 Å². The first-order valence-corrected chi connectivity index (χ1v) is 12.0. The van der Waals surface area contributed by atoms with Crippen LogP contribution in [0.25, 0.3) is 6.08 Å². The van der Waals surface area contributed by atoms with E-state index in [1.165, 1.54) is 23.9 Å². The molecule has 0 atom stereocenters. The Morgan fingerprint density at radius 1 is 1.09 bits per heavy atom. The van der Waals surface area contributed by atoms with Crippen molar-refractivity contribution in [1.82, 2.24) is 5.32 Å². The van der Waals surface area contributed by atoms with Crippen LogP contribution in [0.1, 0.15) is 22.3 Å². The fraction of sp³-hybridized carbons (Fsp3) is 0.154. The Balaban J connectivity index is 1.50. The summed E-state index contributed by atoms with van der Waals surface area (Å²) in [4.78, 5) is 17.6. The average molecular weight is 541 g/mol. The summed E-state index contributed by atoms with van der Waals surface area (Å²) in [6, 6.07) is 15.6. The van der Waals surface area contributed by atoms with Gasteiger partial charge < -0.3 is 14.8 Å². The van der Waals surface area contributed by atoms with Gasteiger partial charge in [0.05, 0.1) is 17.7 Å². The van der Waals surface area contributed by atoms with Gasteiger partial charge in [0.15, 0.2) is 16.7 Å². The molecular weight excluding hydrogens is 519 g/mol. The third-order valence-electron chi connectivity index (χ3n) is 5.07. The first-order valence-electron chi connectivity index (χ1n) is 10.4. The molecule has 1 N–H and O–H groups in total. The highest BCUT2D eigenvalue weighted by Gasteiger charge is 2.24. The number of nitrogens with one attached hydrogen (secondary N) is 1. The number of hydrogen-bond donors (Lipinski definition) is 1. The molecule has 1 saturated heterocycles. The third kappa shape index (κ3) is 5.69. The van der Waals surface area contributed by atoms with Gasteiger partial charge in [0, 0.05) is 4.47 Å². The number of hydrogen-bond acceptors (Lipinski definition) is 5. The van der Waals surface area contributed by atoms with Gasteiger partial charge in [-0.3, -0.25) is 4.79 Å². The van der Waals surface area contributed by atoms with E-state index in [4.69, 9.17) is 9.47 Å². The van der Waals surface area contributed by atoms with Crippen LogP contribution in [0.15, 0.2) is 69.0 Å². The molecule has 3 aromatic rings. The van der Waals surface area contributed by atoms with Gasteiger partial charge in [-0.1, -0.05) is 34.1 Å². The summed E-state index contributed by atoms with van der Waals surface area (Å²) >= 11 is 4.84. The summed E-state index contributed by atoms with van der Waals surface area (Å²) in [5.41, 5.74) is 4.44. The second-order valence-corrected chi connectivity index (χ2v) is 9.53. The van der Waals surface area contributed by atoms with Crippen molar-refractivity contribution in [3.63, 3.8) is 0 Å². The van der Waals surface area contributed by atoms with Gasteiger partial charge in [-0.15, -0.1) is 0 Å². The van der Waals surface area contributed by atoms with Crippen LogP contribution in [0.3, 0.4) is 0 Å². The monoisotopic (exact) mass is 540 g/mol. The summed E-state index contributed by atoms with van der Waals surface area (Å²) in [6.07, 6.45) is 1.78. The average Bonchev–Trinajstić information content (AvgIpc) is 3.14. The zero-order chi connectivity index (χ0) is 24.2. The summed E-state index contributed by atoms with van der Waals surface area (Å²) < 4.78 is 25.7. The van der Waals surface area contributed by atoms with Crippen molar-refractivity contribution in [3.8, 4) is 11.5 Å². The van der Waals surface area contributed by atoms with Gasteiger partial charge >= 0.3 is 0 Å². The molecule has 1 heterocycles. The quantitative estimate of drug-likeness (QED) is 0.354. The van der Waals surface area contributed by atoms with Crippen LogP contribution < -0.4 is 14.8 Å². The molecule has 4 rings (SSSR count). The number of nitrogens with zero attached hydrogens (tertiary/aromatic N) is 1. The number of amides is 1. The lowest BCUT2D eigenvalue weighted by Gasteiger charge is -2.11. The van der Waals surface area contributed by atoms with E-state index in [2.05, 4.69) is 26.2 Å². The second kappa shape index (κ2) is 10.4. The summed E-state index contributed by atoms with van der Waals surface area (Å²) in [7, 11) is 1.55. The highest BCUT2D eigenvalue weighted by molar-refractivity contribution is 9.10. The first-order chi connectivity index (χ1) is 16.3. The van der Waals surface area contributed by atoms with Crippen molar-refractivity contribution in [2.45, 2.75) is 20.5 Å². The standard InChI is InChI=1S/C26H22BrFN2O3S/c1-15-9-20(10-16(2)24(15)27)29-26-30-25(31)23(34-26)13-17-7-8-21(22(12-17)32-3)33-14-18-5-4-6-19(28)11-18/h4-13H,14H2,1-3H3,(H,29,30,31)/b23-13-. The summed E-state index contributed by atoms with van der Waals surface area (Å²) in [5.74, 6) is 0.528. The van der Waals surface area contributed by atoms with E-state index in [-0.39, 0.29) is 18.3 Å². The Hall–Kier alpha value is -3.10.